The molecule has 3 aromatic carbocycles. The predicted octanol–water partition coefficient (Wildman–Crippen LogP) is 5.97. The summed E-state index contributed by atoms with van der Waals surface area (Å²) in [6.45, 7) is 4.35. The summed E-state index contributed by atoms with van der Waals surface area (Å²) in [5.74, 6) is -0.590. The van der Waals surface area contributed by atoms with Crippen LogP contribution in [-0.2, 0) is 0 Å². The van der Waals surface area contributed by atoms with Gasteiger partial charge in [-0.3, -0.25) is 4.90 Å². The van der Waals surface area contributed by atoms with Gasteiger partial charge in [0.1, 0.15) is 11.6 Å². The molecule has 0 atom stereocenters. The van der Waals surface area contributed by atoms with E-state index in [-0.39, 0.29) is 23.7 Å². The highest BCUT2D eigenvalue weighted by atomic mass is 79.9. The number of anilines is 1. The van der Waals surface area contributed by atoms with Gasteiger partial charge in [-0.1, -0.05) is 40.2 Å². The van der Waals surface area contributed by atoms with E-state index in [1.807, 2.05) is 25.1 Å². The van der Waals surface area contributed by atoms with E-state index in [4.69, 9.17) is 0 Å². The molecule has 0 bridgehead atoms. The molecule has 1 saturated heterocycles. The van der Waals surface area contributed by atoms with Crippen molar-refractivity contribution in [2.24, 2.45) is 0 Å². The molecule has 3 aromatic rings. The third kappa shape index (κ3) is 5.16. The fourth-order valence-corrected chi connectivity index (χ4v) is 4.52. The van der Waals surface area contributed by atoms with E-state index in [0.717, 1.165) is 26.9 Å². The molecule has 7 heteroatoms. The van der Waals surface area contributed by atoms with Gasteiger partial charge in [0.25, 0.3) is 0 Å². The molecule has 1 fully saturated rings. The maximum absolute atomic E-state index is 13.5. The summed E-state index contributed by atoms with van der Waals surface area (Å²) in [7, 11) is 0. The number of piperazine rings is 1. The molecular weight excluding hydrogens is 476 g/mol. The number of amides is 2. The van der Waals surface area contributed by atoms with Crippen LogP contribution in [0.2, 0.25) is 0 Å². The van der Waals surface area contributed by atoms with Crippen LogP contribution in [0.15, 0.2) is 71.2 Å². The van der Waals surface area contributed by atoms with Crippen LogP contribution in [-0.4, -0.2) is 42.0 Å². The van der Waals surface area contributed by atoms with Crippen LogP contribution in [0.4, 0.5) is 19.3 Å². The zero-order valence-corrected chi connectivity index (χ0v) is 19.3. The Kier molecular flexibility index (Phi) is 6.86. The van der Waals surface area contributed by atoms with Gasteiger partial charge in [0.15, 0.2) is 0 Å². The third-order valence-electron chi connectivity index (χ3n) is 5.77. The van der Waals surface area contributed by atoms with Crippen molar-refractivity contribution in [2.75, 3.05) is 31.5 Å². The number of rotatable bonds is 4. The lowest BCUT2D eigenvalue weighted by atomic mass is 9.96. The van der Waals surface area contributed by atoms with E-state index < -0.39 is 0 Å². The second kappa shape index (κ2) is 9.79. The number of carbonyl (C=O) groups is 1. The van der Waals surface area contributed by atoms with Gasteiger partial charge in [0, 0.05) is 36.3 Å². The number of hydrogen-bond donors (Lipinski definition) is 1. The summed E-state index contributed by atoms with van der Waals surface area (Å²) in [5.41, 5.74) is 3.64. The molecule has 2 amide bonds. The van der Waals surface area contributed by atoms with E-state index in [2.05, 4.69) is 26.1 Å². The Bertz CT molecular complexity index is 1040. The Balaban J connectivity index is 1.47. The Morgan fingerprint density at radius 2 is 1.41 bits per heavy atom. The minimum absolute atomic E-state index is 0.129. The van der Waals surface area contributed by atoms with Gasteiger partial charge in [0.05, 0.1) is 6.04 Å². The quantitative estimate of drug-likeness (QED) is 0.479. The molecule has 4 nitrogen and oxygen atoms in total. The van der Waals surface area contributed by atoms with Crippen molar-refractivity contribution in [3.63, 3.8) is 0 Å². The molecule has 166 valence electrons. The van der Waals surface area contributed by atoms with Crippen LogP contribution < -0.4 is 5.32 Å². The fraction of sp³-hybridized carbons (Fsp3) is 0.240. The molecule has 0 radical (unpaired) electrons. The van der Waals surface area contributed by atoms with E-state index >= 15 is 0 Å². The molecule has 1 aliphatic heterocycles. The SMILES string of the molecule is Cc1cc(Br)ccc1NC(=O)N1CCN(C(c2ccc(F)cc2)c2ccc(F)cc2)CC1. The first-order chi connectivity index (χ1) is 15.4. The van der Waals surface area contributed by atoms with Gasteiger partial charge in [-0.25, -0.2) is 13.6 Å². The van der Waals surface area contributed by atoms with Gasteiger partial charge < -0.3 is 10.2 Å². The van der Waals surface area contributed by atoms with Crippen molar-refractivity contribution in [1.82, 2.24) is 9.80 Å². The van der Waals surface area contributed by atoms with Crippen LogP contribution in [0.1, 0.15) is 22.7 Å². The lowest BCUT2D eigenvalue weighted by molar-refractivity contribution is 0.126. The van der Waals surface area contributed by atoms with Crippen molar-refractivity contribution in [3.8, 4) is 0 Å². The summed E-state index contributed by atoms with van der Waals surface area (Å²) in [4.78, 5) is 16.8. The molecule has 0 spiro atoms. The minimum atomic E-state index is -0.295. The second-order valence-corrected chi connectivity index (χ2v) is 8.83. The van der Waals surface area contributed by atoms with E-state index in [1.165, 1.54) is 24.3 Å². The Labute approximate surface area is 195 Å². The van der Waals surface area contributed by atoms with Crippen LogP contribution in [0.3, 0.4) is 0 Å². The van der Waals surface area contributed by atoms with Crippen molar-refractivity contribution < 1.29 is 13.6 Å². The first kappa shape index (κ1) is 22.4. The van der Waals surface area contributed by atoms with Gasteiger partial charge in [-0.2, -0.15) is 0 Å². The first-order valence-electron chi connectivity index (χ1n) is 10.5. The summed E-state index contributed by atoms with van der Waals surface area (Å²) in [5, 5.41) is 2.99. The number of urea groups is 1. The first-order valence-corrected chi connectivity index (χ1v) is 11.3. The maximum Gasteiger partial charge on any atom is 0.321 e. The molecule has 1 aliphatic rings. The fourth-order valence-electron chi connectivity index (χ4n) is 4.05. The number of hydrogen-bond acceptors (Lipinski definition) is 2. The number of nitrogens with zero attached hydrogens (tertiary/aromatic N) is 2. The molecule has 0 aliphatic carbocycles. The van der Waals surface area contributed by atoms with Crippen LogP contribution in [0, 0.1) is 18.6 Å². The van der Waals surface area contributed by atoms with Gasteiger partial charge in [0.2, 0.25) is 0 Å². The second-order valence-electron chi connectivity index (χ2n) is 7.92. The van der Waals surface area contributed by atoms with Crippen LogP contribution >= 0.6 is 15.9 Å². The van der Waals surface area contributed by atoms with E-state index in [0.29, 0.717) is 26.2 Å². The smallest absolute Gasteiger partial charge is 0.321 e. The van der Waals surface area contributed by atoms with E-state index in [9.17, 15) is 13.6 Å². The predicted molar refractivity (Wildman–Crippen MR) is 126 cm³/mol. The number of carbonyl (C=O) groups excluding carboxylic acids is 1. The molecule has 4 rings (SSSR count). The van der Waals surface area contributed by atoms with Gasteiger partial charge in [-0.15, -0.1) is 0 Å². The lowest BCUT2D eigenvalue weighted by Gasteiger charge is -2.39. The molecule has 0 aromatic heterocycles. The number of halogens is 3. The van der Waals surface area contributed by atoms with E-state index in [1.54, 1.807) is 29.2 Å². The molecule has 0 unspecified atom stereocenters. The van der Waals surface area contributed by atoms with Crippen molar-refractivity contribution in [3.05, 3.63) is 99.5 Å². The standard InChI is InChI=1S/C25H24BrF2N3O/c1-17-16-20(26)6-11-23(17)29-25(32)31-14-12-30(13-15-31)24(18-2-7-21(27)8-3-18)19-4-9-22(28)10-5-19/h2-11,16,24H,12-15H2,1H3,(H,29,32). The molecular formula is C25H24BrF2N3O. The monoisotopic (exact) mass is 499 g/mol. The topological polar surface area (TPSA) is 35.6 Å². The Morgan fingerprint density at radius 3 is 1.91 bits per heavy atom. The third-order valence-corrected chi connectivity index (χ3v) is 6.26. The van der Waals surface area contributed by atoms with Crippen molar-refractivity contribution in [2.45, 2.75) is 13.0 Å². The van der Waals surface area contributed by atoms with Crippen molar-refractivity contribution >= 4 is 27.6 Å². The molecule has 0 saturated carbocycles. The zero-order chi connectivity index (χ0) is 22.7. The molecule has 32 heavy (non-hydrogen) atoms. The summed E-state index contributed by atoms with van der Waals surface area (Å²) in [6.07, 6.45) is 0. The molecule has 1 heterocycles. The summed E-state index contributed by atoms with van der Waals surface area (Å²) < 4.78 is 28.0. The highest BCUT2D eigenvalue weighted by Crippen LogP contribution is 2.30. The number of aryl methyl sites for hydroxylation is 1. The van der Waals surface area contributed by atoms with Crippen LogP contribution in [0.5, 0.6) is 0 Å². The average Bonchev–Trinajstić information content (AvgIpc) is 2.79. The highest BCUT2D eigenvalue weighted by Gasteiger charge is 2.28. The summed E-state index contributed by atoms with van der Waals surface area (Å²) >= 11 is 3.44. The average molecular weight is 500 g/mol. The highest BCUT2D eigenvalue weighted by molar-refractivity contribution is 9.10. The Hall–Kier alpha value is -2.77. The van der Waals surface area contributed by atoms with Gasteiger partial charge >= 0.3 is 6.03 Å². The van der Waals surface area contributed by atoms with Gasteiger partial charge in [-0.05, 0) is 66.1 Å². The lowest BCUT2D eigenvalue weighted by Crippen LogP contribution is -2.51. The Morgan fingerprint density at radius 1 is 0.875 bits per heavy atom. The maximum atomic E-state index is 13.5. The van der Waals surface area contributed by atoms with Crippen molar-refractivity contribution in [1.29, 1.82) is 0 Å². The van der Waals surface area contributed by atoms with Crippen LogP contribution in [0.25, 0.3) is 0 Å². The minimum Gasteiger partial charge on any atom is -0.322 e. The molecule has 1 N–H and O–H groups in total. The number of benzene rings is 3. The normalized spacial score (nSPS) is 14.6. The largest absolute Gasteiger partial charge is 0.322 e. The number of nitrogens with one attached hydrogen (secondary N) is 1. The summed E-state index contributed by atoms with van der Waals surface area (Å²) in [6, 6.07) is 18.3. The zero-order valence-electron chi connectivity index (χ0n) is 17.7.